The van der Waals surface area contributed by atoms with Crippen LogP contribution in [0.25, 0.3) is 0 Å². The van der Waals surface area contributed by atoms with Crippen LogP contribution >= 0.6 is 0 Å². The van der Waals surface area contributed by atoms with Crippen molar-refractivity contribution in [1.29, 1.82) is 0 Å². The van der Waals surface area contributed by atoms with Gasteiger partial charge in [-0.05, 0) is 55.2 Å². The zero-order chi connectivity index (χ0) is 13.4. The lowest BCUT2D eigenvalue weighted by Gasteiger charge is -2.41. The van der Waals surface area contributed by atoms with E-state index in [1.807, 2.05) is 0 Å². The summed E-state index contributed by atoms with van der Waals surface area (Å²) in [4.78, 5) is 0. The number of halogens is 2. The van der Waals surface area contributed by atoms with Crippen LogP contribution in [0.2, 0.25) is 0 Å². The maximum absolute atomic E-state index is 13.2. The van der Waals surface area contributed by atoms with Crippen LogP contribution in [0.4, 0.5) is 8.78 Å². The average molecular weight is 253 g/mol. The summed E-state index contributed by atoms with van der Waals surface area (Å²) in [7, 11) is 0. The first-order chi connectivity index (χ1) is 8.30. The summed E-state index contributed by atoms with van der Waals surface area (Å²) in [6.07, 6.45) is 4.69. The Morgan fingerprint density at radius 2 is 1.67 bits per heavy atom. The van der Waals surface area contributed by atoms with E-state index in [1.54, 1.807) is 6.07 Å². The molecule has 0 spiro atoms. The van der Waals surface area contributed by atoms with Gasteiger partial charge in [-0.1, -0.05) is 19.9 Å². The van der Waals surface area contributed by atoms with Gasteiger partial charge in [-0.25, -0.2) is 8.78 Å². The van der Waals surface area contributed by atoms with Crippen molar-refractivity contribution in [2.75, 3.05) is 0 Å². The van der Waals surface area contributed by atoms with Crippen LogP contribution in [-0.4, -0.2) is 5.54 Å². The van der Waals surface area contributed by atoms with Crippen molar-refractivity contribution in [3.8, 4) is 0 Å². The molecule has 3 heteroatoms. The van der Waals surface area contributed by atoms with Crippen molar-refractivity contribution < 1.29 is 8.78 Å². The Hall–Kier alpha value is -0.960. The fourth-order valence-electron chi connectivity index (χ4n) is 2.66. The number of benzene rings is 1. The molecule has 0 radical (unpaired) electrons. The molecule has 100 valence electrons. The molecular formula is C15H21F2N. The Morgan fingerprint density at radius 3 is 2.22 bits per heavy atom. The summed E-state index contributed by atoms with van der Waals surface area (Å²) in [6, 6.07) is 4.08. The average Bonchev–Trinajstić information content (AvgIpc) is 2.29. The fourth-order valence-corrected chi connectivity index (χ4v) is 2.66. The third kappa shape index (κ3) is 3.08. The van der Waals surface area contributed by atoms with Crippen LogP contribution in [-0.2, 0) is 6.42 Å². The molecule has 1 aromatic rings. The first-order valence-electron chi connectivity index (χ1n) is 6.53. The molecule has 1 saturated carbocycles. The lowest BCUT2D eigenvalue weighted by molar-refractivity contribution is 0.164. The second kappa shape index (κ2) is 4.61. The van der Waals surface area contributed by atoms with E-state index < -0.39 is 11.6 Å². The van der Waals surface area contributed by atoms with Gasteiger partial charge in [0.15, 0.2) is 11.6 Å². The number of hydrogen-bond acceptors (Lipinski definition) is 1. The van der Waals surface area contributed by atoms with Crippen LogP contribution in [0.1, 0.15) is 45.1 Å². The fraction of sp³-hybridized carbons (Fsp3) is 0.600. The Balaban J connectivity index is 2.07. The molecule has 1 aromatic carbocycles. The van der Waals surface area contributed by atoms with E-state index in [2.05, 4.69) is 13.8 Å². The van der Waals surface area contributed by atoms with Crippen molar-refractivity contribution in [2.45, 2.75) is 51.5 Å². The van der Waals surface area contributed by atoms with Gasteiger partial charge in [0.1, 0.15) is 0 Å². The van der Waals surface area contributed by atoms with Crippen LogP contribution in [0, 0.1) is 17.0 Å². The topological polar surface area (TPSA) is 26.0 Å². The smallest absolute Gasteiger partial charge is 0.159 e. The summed E-state index contributed by atoms with van der Waals surface area (Å²) in [5.41, 5.74) is 7.27. The summed E-state index contributed by atoms with van der Waals surface area (Å²) < 4.78 is 26.0. The summed E-state index contributed by atoms with van der Waals surface area (Å²) in [5.74, 6) is -1.58. The maximum atomic E-state index is 13.2. The standard InChI is InChI=1S/C15H21F2N/c1-14(2)5-7-15(18,8-6-14)10-11-3-4-12(16)13(17)9-11/h3-4,9H,5-8,10,18H2,1-2H3. The van der Waals surface area contributed by atoms with E-state index in [4.69, 9.17) is 5.73 Å². The lowest BCUT2D eigenvalue weighted by atomic mass is 9.68. The number of nitrogens with two attached hydrogens (primary N) is 1. The molecule has 1 aliphatic rings. The first-order valence-corrected chi connectivity index (χ1v) is 6.53. The Labute approximate surface area is 107 Å². The molecular weight excluding hydrogens is 232 g/mol. The van der Waals surface area contributed by atoms with E-state index >= 15 is 0 Å². The van der Waals surface area contributed by atoms with Crippen LogP contribution in [0.3, 0.4) is 0 Å². The van der Waals surface area contributed by atoms with Gasteiger partial charge in [-0.2, -0.15) is 0 Å². The van der Waals surface area contributed by atoms with E-state index in [0.29, 0.717) is 11.8 Å². The molecule has 0 atom stereocenters. The van der Waals surface area contributed by atoms with E-state index in [9.17, 15) is 8.78 Å². The molecule has 1 aliphatic carbocycles. The molecule has 0 aromatic heterocycles. The van der Waals surface area contributed by atoms with Crippen LogP contribution in [0.15, 0.2) is 18.2 Å². The first kappa shape index (κ1) is 13.5. The minimum atomic E-state index is -0.797. The molecule has 1 fully saturated rings. The van der Waals surface area contributed by atoms with Gasteiger partial charge in [0.05, 0.1) is 0 Å². The molecule has 0 unspecified atom stereocenters. The van der Waals surface area contributed by atoms with Crippen LogP contribution < -0.4 is 5.73 Å². The molecule has 0 aliphatic heterocycles. The second-order valence-electron chi connectivity index (χ2n) is 6.45. The van der Waals surface area contributed by atoms with Gasteiger partial charge < -0.3 is 5.73 Å². The predicted octanol–water partition coefficient (Wildman–Crippen LogP) is 3.81. The van der Waals surface area contributed by atoms with Crippen molar-refractivity contribution in [3.63, 3.8) is 0 Å². The van der Waals surface area contributed by atoms with Gasteiger partial charge >= 0.3 is 0 Å². The highest BCUT2D eigenvalue weighted by Crippen LogP contribution is 2.40. The van der Waals surface area contributed by atoms with Gasteiger partial charge in [0.2, 0.25) is 0 Å². The zero-order valence-corrected chi connectivity index (χ0v) is 11.1. The van der Waals surface area contributed by atoms with E-state index in [0.717, 1.165) is 31.2 Å². The number of rotatable bonds is 2. The van der Waals surface area contributed by atoms with Gasteiger partial charge in [0.25, 0.3) is 0 Å². The van der Waals surface area contributed by atoms with E-state index in [-0.39, 0.29) is 5.54 Å². The Kier molecular flexibility index (Phi) is 3.45. The molecule has 18 heavy (non-hydrogen) atoms. The summed E-state index contributed by atoms with van der Waals surface area (Å²) >= 11 is 0. The van der Waals surface area contributed by atoms with Crippen molar-refractivity contribution >= 4 is 0 Å². The molecule has 0 heterocycles. The number of hydrogen-bond donors (Lipinski definition) is 1. The molecule has 2 rings (SSSR count). The lowest BCUT2D eigenvalue weighted by Crippen LogP contribution is -2.46. The highest BCUT2D eigenvalue weighted by atomic mass is 19.2. The predicted molar refractivity (Wildman–Crippen MR) is 69.2 cm³/mol. The summed E-state index contributed by atoms with van der Waals surface area (Å²) in [5, 5.41) is 0. The quantitative estimate of drug-likeness (QED) is 0.852. The van der Waals surface area contributed by atoms with Crippen molar-refractivity contribution in [1.82, 2.24) is 0 Å². The minimum absolute atomic E-state index is 0.264. The SMILES string of the molecule is CC1(C)CCC(N)(Cc2ccc(F)c(F)c2)CC1. The van der Waals surface area contributed by atoms with Gasteiger partial charge in [-0.3, -0.25) is 0 Å². The molecule has 0 saturated heterocycles. The molecule has 2 N–H and O–H groups in total. The minimum Gasteiger partial charge on any atom is -0.325 e. The second-order valence-corrected chi connectivity index (χ2v) is 6.45. The third-order valence-corrected chi connectivity index (χ3v) is 4.14. The van der Waals surface area contributed by atoms with Gasteiger partial charge in [-0.15, -0.1) is 0 Å². The third-order valence-electron chi connectivity index (χ3n) is 4.14. The normalized spacial score (nSPS) is 21.8. The highest BCUT2D eigenvalue weighted by molar-refractivity contribution is 5.20. The van der Waals surface area contributed by atoms with Crippen molar-refractivity contribution in [2.24, 2.45) is 11.1 Å². The molecule has 1 nitrogen and oxygen atoms in total. The summed E-state index contributed by atoms with van der Waals surface area (Å²) in [6.45, 7) is 4.51. The monoisotopic (exact) mass is 253 g/mol. The molecule has 0 amide bonds. The van der Waals surface area contributed by atoms with Crippen molar-refractivity contribution in [3.05, 3.63) is 35.4 Å². The Bertz CT molecular complexity index is 430. The van der Waals surface area contributed by atoms with Crippen LogP contribution in [0.5, 0.6) is 0 Å². The molecule has 0 bridgehead atoms. The zero-order valence-electron chi connectivity index (χ0n) is 11.1. The van der Waals surface area contributed by atoms with Gasteiger partial charge in [0, 0.05) is 5.54 Å². The van der Waals surface area contributed by atoms with E-state index in [1.165, 1.54) is 12.1 Å². The largest absolute Gasteiger partial charge is 0.325 e. The highest BCUT2D eigenvalue weighted by Gasteiger charge is 2.35. The Morgan fingerprint density at radius 1 is 1.06 bits per heavy atom. The maximum Gasteiger partial charge on any atom is 0.159 e.